The van der Waals surface area contributed by atoms with Crippen LogP contribution in [0.4, 0.5) is 17.5 Å². The summed E-state index contributed by atoms with van der Waals surface area (Å²) in [5, 5.41) is 6.63. The summed E-state index contributed by atoms with van der Waals surface area (Å²) in [6.07, 6.45) is 0. The SMILES string of the molecule is Cc1cc(Nc2ccccc2C)nc(NCc2ccc3c(c2)OCO3)n1. The minimum atomic E-state index is 0.279. The van der Waals surface area contributed by atoms with Gasteiger partial charge < -0.3 is 20.1 Å². The molecule has 2 N–H and O–H groups in total. The van der Waals surface area contributed by atoms with Crippen LogP contribution in [-0.4, -0.2) is 16.8 Å². The van der Waals surface area contributed by atoms with E-state index in [1.165, 1.54) is 5.56 Å². The molecule has 0 saturated heterocycles. The molecule has 2 heterocycles. The number of hydrogen-bond donors (Lipinski definition) is 2. The van der Waals surface area contributed by atoms with Crippen molar-refractivity contribution in [3.63, 3.8) is 0 Å². The number of para-hydroxylation sites is 1. The number of rotatable bonds is 5. The number of aromatic nitrogens is 2. The minimum Gasteiger partial charge on any atom is -0.454 e. The van der Waals surface area contributed by atoms with E-state index in [1.54, 1.807) is 0 Å². The Kier molecular flexibility index (Phi) is 4.31. The van der Waals surface area contributed by atoms with Gasteiger partial charge in [-0.1, -0.05) is 24.3 Å². The van der Waals surface area contributed by atoms with Crippen LogP contribution in [0.2, 0.25) is 0 Å². The average molecular weight is 348 g/mol. The van der Waals surface area contributed by atoms with E-state index in [1.807, 2.05) is 49.4 Å². The largest absolute Gasteiger partial charge is 0.454 e. The standard InChI is InChI=1S/C20H20N4O2/c1-13-5-3-4-6-16(13)23-19-9-14(2)22-20(24-19)21-11-15-7-8-17-18(10-15)26-12-25-17/h3-10H,11-12H2,1-2H3,(H2,21,22,23,24). The molecular weight excluding hydrogens is 328 g/mol. The minimum absolute atomic E-state index is 0.279. The van der Waals surface area contributed by atoms with Crippen LogP contribution in [0.3, 0.4) is 0 Å². The van der Waals surface area contributed by atoms with Gasteiger partial charge in [-0.25, -0.2) is 4.98 Å². The average Bonchev–Trinajstić information content (AvgIpc) is 3.09. The molecule has 2 aromatic carbocycles. The molecule has 0 bridgehead atoms. The summed E-state index contributed by atoms with van der Waals surface area (Å²) in [4.78, 5) is 9.04. The van der Waals surface area contributed by atoms with Crippen LogP contribution in [0.15, 0.2) is 48.5 Å². The number of fused-ring (bicyclic) bond motifs is 1. The van der Waals surface area contributed by atoms with Gasteiger partial charge >= 0.3 is 0 Å². The lowest BCUT2D eigenvalue weighted by Crippen LogP contribution is -2.06. The van der Waals surface area contributed by atoms with Gasteiger partial charge in [0, 0.05) is 24.0 Å². The second-order valence-electron chi connectivity index (χ2n) is 6.20. The van der Waals surface area contributed by atoms with Crippen molar-refractivity contribution in [3.05, 3.63) is 65.4 Å². The number of nitrogens with one attached hydrogen (secondary N) is 2. The molecule has 6 nitrogen and oxygen atoms in total. The lowest BCUT2D eigenvalue weighted by atomic mass is 10.2. The zero-order chi connectivity index (χ0) is 17.9. The fourth-order valence-corrected chi connectivity index (χ4v) is 2.79. The van der Waals surface area contributed by atoms with Crippen molar-refractivity contribution in [3.8, 4) is 11.5 Å². The van der Waals surface area contributed by atoms with Crippen LogP contribution in [0.5, 0.6) is 11.5 Å². The van der Waals surface area contributed by atoms with Gasteiger partial charge in [-0.05, 0) is 43.2 Å². The third-order valence-corrected chi connectivity index (χ3v) is 4.15. The number of nitrogens with zero attached hydrogens (tertiary/aromatic N) is 2. The Balaban J connectivity index is 1.48. The quantitative estimate of drug-likeness (QED) is 0.721. The van der Waals surface area contributed by atoms with Gasteiger partial charge in [-0.3, -0.25) is 0 Å². The molecule has 0 fully saturated rings. The summed E-state index contributed by atoms with van der Waals surface area (Å²) in [5.41, 5.74) is 4.17. The first-order valence-electron chi connectivity index (χ1n) is 8.48. The van der Waals surface area contributed by atoms with E-state index >= 15 is 0 Å². The third kappa shape index (κ3) is 3.54. The number of ether oxygens (including phenoxy) is 2. The molecule has 1 aromatic heterocycles. The van der Waals surface area contributed by atoms with Crippen molar-refractivity contribution < 1.29 is 9.47 Å². The lowest BCUT2D eigenvalue weighted by molar-refractivity contribution is 0.174. The Labute approximate surface area is 152 Å². The molecule has 0 amide bonds. The van der Waals surface area contributed by atoms with E-state index in [0.29, 0.717) is 12.5 Å². The van der Waals surface area contributed by atoms with E-state index in [0.717, 1.165) is 34.3 Å². The molecular formula is C20H20N4O2. The molecule has 26 heavy (non-hydrogen) atoms. The summed E-state index contributed by atoms with van der Waals surface area (Å²) in [5.74, 6) is 2.90. The zero-order valence-corrected chi connectivity index (χ0v) is 14.7. The molecule has 3 aromatic rings. The Hall–Kier alpha value is -3.28. The van der Waals surface area contributed by atoms with Gasteiger partial charge in [-0.2, -0.15) is 4.98 Å². The lowest BCUT2D eigenvalue weighted by Gasteiger charge is -2.11. The first-order valence-corrected chi connectivity index (χ1v) is 8.48. The first-order chi connectivity index (χ1) is 12.7. The van der Waals surface area contributed by atoms with Gasteiger partial charge in [0.25, 0.3) is 0 Å². The first kappa shape index (κ1) is 16.2. The van der Waals surface area contributed by atoms with E-state index in [2.05, 4.69) is 33.6 Å². The molecule has 0 radical (unpaired) electrons. The normalized spacial score (nSPS) is 12.1. The molecule has 0 spiro atoms. The Bertz CT molecular complexity index is 943. The highest BCUT2D eigenvalue weighted by Crippen LogP contribution is 2.32. The molecule has 0 saturated carbocycles. The molecule has 0 atom stereocenters. The highest BCUT2D eigenvalue weighted by molar-refractivity contribution is 5.61. The van der Waals surface area contributed by atoms with Gasteiger partial charge in [0.1, 0.15) is 5.82 Å². The van der Waals surface area contributed by atoms with Crippen LogP contribution < -0.4 is 20.1 Å². The van der Waals surface area contributed by atoms with Crippen molar-refractivity contribution in [2.45, 2.75) is 20.4 Å². The topological polar surface area (TPSA) is 68.3 Å². The summed E-state index contributed by atoms with van der Waals surface area (Å²) in [6, 6.07) is 15.9. The Morgan fingerprint density at radius 3 is 2.69 bits per heavy atom. The Morgan fingerprint density at radius 1 is 0.962 bits per heavy atom. The van der Waals surface area contributed by atoms with Crippen molar-refractivity contribution in [1.82, 2.24) is 9.97 Å². The molecule has 0 unspecified atom stereocenters. The van der Waals surface area contributed by atoms with Crippen LogP contribution in [-0.2, 0) is 6.54 Å². The van der Waals surface area contributed by atoms with Crippen molar-refractivity contribution in [2.24, 2.45) is 0 Å². The van der Waals surface area contributed by atoms with E-state index < -0.39 is 0 Å². The third-order valence-electron chi connectivity index (χ3n) is 4.15. The van der Waals surface area contributed by atoms with Gasteiger partial charge in [-0.15, -0.1) is 0 Å². The smallest absolute Gasteiger partial charge is 0.231 e. The van der Waals surface area contributed by atoms with Gasteiger partial charge in [0.15, 0.2) is 11.5 Å². The van der Waals surface area contributed by atoms with Crippen molar-refractivity contribution in [2.75, 3.05) is 17.4 Å². The molecule has 1 aliphatic rings. The van der Waals surface area contributed by atoms with E-state index in [9.17, 15) is 0 Å². The number of hydrogen-bond acceptors (Lipinski definition) is 6. The van der Waals surface area contributed by atoms with Crippen LogP contribution >= 0.6 is 0 Å². The maximum atomic E-state index is 5.42. The summed E-state index contributed by atoms with van der Waals surface area (Å²) in [7, 11) is 0. The molecule has 0 aliphatic carbocycles. The molecule has 4 rings (SSSR count). The maximum absolute atomic E-state index is 5.42. The van der Waals surface area contributed by atoms with Crippen LogP contribution in [0.25, 0.3) is 0 Å². The van der Waals surface area contributed by atoms with Crippen molar-refractivity contribution in [1.29, 1.82) is 0 Å². The number of aryl methyl sites for hydroxylation is 2. The van der Waals surface area contributed by atoms with Crippen molar-refractivity contribution >= 4 is 17.5 Å². The second-order valence-corrected chi connectivity index (χ2v) is 6.20. The summed E-state index contributed by atoms with van der Waals surface area (Å²) >= 11 is 0. The van der Waals surface area contributed by atoms with Crippen LogP contribution in [0.1, 0.15) is 16.8 Å². The predicted molar refractivity (Wildman–Crippen MR) is 101 cm³/mol. The fraction of sp³-hybridized carbons (Fsp3) is 0.200. The molecule has 6 heteroatoms. The summed E-state index contributed by atoms with van der Waals surface area (Å²) in [6.45, 7) is 4.90. The zero-order valence-electron chi connectivity index (χ0n) is 14.7. The monoisotopic (exact) mass is 348 g/mol. The Morgan fingerprint density at radius 2 is 1.81 bits per heavy atom. The highest BCUT2D eigenvalue weighted by atomic mass is 16.7. The van der Waals surface area contributed by atoms with E-state index in [4.69, 9.17) is 9.47 Å². The molecule has 1 aliphatic heterocycles. The highest BCUT2D eigenvalue weighted by Gasteiger charge is 2.13. The number of anilines is 3. The van der Waals surface area contributed by atoms with Gasteiger partial charge in [0.2, 0.25) is 12.7 Å². The van der Waals surface area contributed by atoms with Crippen LogP contribution in [0, 0.1) is 13.8 Å². The maximum Gasteiger partial charge on any atom is 0.231 e. The van der Waals surface area contributed by atoms with E-state index in [-0.39, 0.29) is 6.79 Å². The second kappa shape index (κ2) is 6.92. The summed E-state index contributed by atoms with van der Waals surface area (Å²) < 4.78 is 10.8. The predicted octanol–water partition coefficient (Wildman–Crippen LogP) is 4.18. The fourth-order valence-electron chi connectivity index (χ4n) is 2.79. The molecule has 132 valence electrons. The van der Waals surface area contributed by atoms with Gasteiger partial charge in [0.05, 0.1) is 0 Å². The number of benzene rings is 2.